The molecule has 0 saturated heterocycles. The lowest BCUT2D eigenvalue weighted by atomic mass is 10.3. The number of rotatable bonds is 4. The summed E-state index contributed by atoms with van der Waals surface area (Å²) in [6, 6.07) is 18.1. The van der Waals surface area contributed by atoms with Crippen LogP contribution in [0.25, 0.3) is 41.8 Å². The van der Waals surface area contributed by atoms with Crippen LogP contribution in [0.4, 0.5) is 27.1 Å². The summed E-state index contributed by atoms with van der Waals surface area (Å²) in [7, 11) is 0. The van der Waals surface area contributed by atoms with Gasteiger partial charge in [-0.05, 0) is 82.8 Å². The summed E-state index contributed by atoms with van der Waals surface area (Å²) in [5.74, 6) is -1.12. The molecule has 0 fully saturated rings. The van der Waals surface area contributed by atoms with E-state index in [-0.39, 0.29) is 45.7 Å². The highest BCUT2D eigenvalue weighted by atomic mass is 35.5. The van der Waals surface area contributed by atoms with Gasteiger partial charge in [0.1, 0.15) is 28.8 Å². The molecule has 0 aliphatic heterocycles. The minimum absolute atomic E-state index is 0.000278. The van der Waals surface area contributed by atoms with Crippen molar-refractivity contribution < 1.29 is 24.8 Å². The first-order valence-corrected chi connectivity index (χ1v) is 11.8. The van der Waals surface area contributed by atoms with Crippen molar-refractivity contribution in [2.24, 2.45) is 20.5 Å². The number of hydrogen-bond donors (Lipinski definition) is 4. The zero-order chi connectivity index (χ0) is 32.2. The van der Waals surface area contributed by atoms with Crippen LogP contribution in [0.3, 0.4) is 0 Å². The van der Waals surface area contributed by atoms with E-state index in [1.54, 1.807) is 12.1 Å². The fourth-order valence-electron chi connectivity index (χ4n) is 2.48. The second-order valence-corrected chi connectivity index (χ2v) is 8.02. The molecule has 4 aromatic rings. The average molecular weight is 627 g/mol. The van der Waals surface area contributed by atoms with Crippen LogP contribution in [0.2, 0.25) is 10.0 Å². The molecule has 16 nitrogen and oxygen atoms in total. The van der Waals surface area contributed by atoms with Crippen molar-refractivity contribution in [3.05, 3.63) is 136 Å². The third-order valence-corrected chi connectivity index (χ3v) is 4.77. The molecule has 0 amide bonds. The number of halogens is 3. The zero-order valence-corrected chi connectivity index (χ0v) is 22.8. The van der Waals surface area contributed by atoms with Gasteiger partial charge in [-0.25, -0.2) is 4.39 Å². The van der Waals surface area contributed by atoms with Gasteiger partial charge in [0.15, 0.2) is 0 Å². The average Bonchev–Trinajstić information content (AvgIpc) is 2.97. The standard InChI is InChI=1S/2C6H4ClN3O.C6H4FN3O.C6H5N3O/c7-4-1-2-6(11)5(3-4)9-10-8;2*7-4-1-2-5(9-10-8)6(11)3-4;7-9-8-5-3-1-2-4-6(5)10/h3*1-3,11H;1-4,10H. The lowest BCUT2D eigenvalue weighted by molar-refractivity contribution is 0.470. The number of para-hydroxylation sites is 1. The third kappa shape index (κ3) is 13.2. The van der Waals surface area contributed by atoms with Crippen molar-refractivity contribution in [3.63, 3.8) is 0 Å². The Morgan fingerprint density at radius 2 is 0.907 bits per heavy atom. The number of azide groups is 4. The Hall–Kier alpha value is -6.17. The van der Waals surface area contributed by atoms with Crippen LogP contribution in [-0.2, 0) is 0 Å². The highest BCUT2D eigenvalue weighted by Crippen LogP contribution is 2.30. The number of nitrogens with zero attached hydrogens (tertiary/aromatic N) is 12. The van der Waals surface area contributed by atoms with Crippen molar-refractivity contribution in [2.75, 3.05) is 0 Å². The van der Waals surface area contributed by atoms with Crippen LogP contribution in [-0.4, -0.2) is 20.4 Å². The zero-order valence-electron chi connectivity index (χ0n) is 21.3. The lowest BCUT2D eigenvalue weighted by Gasteiger charge is -1.95. The summed E-state index contributed by atoms with van der Waals surface area (Å²) in [4.78, 5) is 10.0. The van der Waals surface area contributed by atoms with Crippen LogP contribution in [0.5, 0.6) is 23.0 Å². The predicted octanol–water partition coefficient (Wildman–Crippen LogP) is 10.8. The van der Waals surface area contributed by atoms with E-state index in [1.807, 2.05) is 0 Å². The van der Waals surface area contributed by atoms with E-state index in [9.17, 15) is 4.39 Å². The van der Waals surface area contributed by atoms with Crippen molar-refractivity contribution >= 4 is 46.0 Å². The van der Waals surface area contributed by atoms with Gasteiger partial charge < -0.3 is 20.4 Å². The topological polar surface area (TPSA) is 276 Å². The van der Waals surface area contributed by atoms with Gasteiger partial charge in [0.25, 0.3) is 0 Å². The Balaban J connectivity index is 0.000000287. The molecule has 0 aliphatic rings. The second kappa shape index (κ2) is 19.0. The normalized spacial score (nSPS) is 8.72. The molecule has 0 saturated carbocycles. The Morgan fingerprint density at radius 3 is 1.42 bits per heavy atom. The van der Waals surface area contributed by atoms with Crippen LogP contribution >= 0.6 is 23.2 Å². The van der Waals surface area contributed by atoms with E-state index >= 15 is 0 Å². The smallest absolute Gasteiger partial charge is 0.128 e. The van der Waals surface area contributed by atoms with Gasteiger partial charge in [0.2, 0.25) is 0 Å². The monoisotopic (exact) mass is 626 g/mol. The molecule has 0 heterocycles. The molecule has 0 unspecified atom stereocenters. The van der Waals surface area contributed by atoms with Crippen molar-refractivity contribution in [3.8, 4) is 23.0 Å². The van der Waals surface area contributed by atoms with E-state index < -0.39 is 5.82 Å². The van der Waals surface area contributed by atoms with Crippen LogP contribution < -0.4 is 0 Å². The highest BCUT2D eigenvalue weighted by Gasteiger charge is 1.99. The largest absolute Gasteiger partial charge is 0.507 e. The number of benzene rings is 4. The Bertz CT molecular complexity index is 1690. The van der Waals surface area contributed by atoms with Crippen LogP contribution in [0.15, 0.2) is 99.3 Å². The molecule has 0 spiro atoms. The first-order valence-electron chi connectivity index (χ1n) is 11.0. The minimum atomic E-state index is -0.570. The number of phenolic OH excluding ortho intramolecular Hbond substituents is 4. The molecule has 4 N–H and O–H groups in total. The predicted molar refractivity (Wildman–Crippen MR) is 158 cm³/mol. The van der Waals surface area contributed by atoms with E-state index in [0.29, 0.717) is 10.0 Å². The number of phenols is 4. The molecular formula is C24H17Cl2FN12O4. The van der Waals surface area contributed by atoms with Gasteiger partial charge in [-0.2, -0.15) is 0 Å². The second-order valence-electron chi connectivity index (χ2n) is 7.15. The van der Waals surface area contributed by atoms with E-state index in [1.165, 1.54) is 54.6 Å². The molecule has 0 aromatic heterocycles. The molecule has 0 aliphatic carbocycles. The lowest BCUT2D eigenvalue weighted by Crippen LogP contribution is -1.71. The van der Waals surface area contributed by atoms with Gasteiger partial charge in [0, 0.05) is 35.8 Å². The molecule has 4 rings (SSSR count). The van der Waals surface area contributed by atoms with E-state index in [4.69, 9.17) is 65.8 Å². The molecule has 43 heavy (non-hydrogen) atoms. The third-order valence-electron chi connectivity index (χ3n) is 4.30. The summed E-state index contributed by atoms with van der Waals surface area (Å²) < 4.78 is 12.3. The van der Waals surface area contributed by atoms with Crippen molar-refractivity contribution in [2.45, 2.75) is 0 Å². The minimum Gasteiger partial charge on any atom is -0.507 e. The Kier molecular flexibility index (Phi) is 15.4. The summed E-state index contributed by atoms with van der Waals surface area (Å²) in [5.41, 5.74) is 32.6. The SMILES string of the molecule is [N-]=[N+]=Nc1cc(Cl)ccc1O.[N-]=[N+]=Nc1ccc(Cl)cc1O.[N-]=[N+]=Nc1ccc(F)cc1O.[N-]=[N+]=Nc1ccccc1O. The molecule has 0 radical (unpaired) electrons. The maximum Gasteiger partial charge on any atom is 0.128 e. The van der Waals surface area contributed by atoms with Crippen molar-refractivity contribution in [1.29, 1.82) is 0 Å². The van der Waals surface area contributed by atoms with E-state index in [0.717, 1.165) is 12.1 Å². The van der Waals surface area contributed by atoms with Gasteiger partial charge in [-0.15, -0.1) is 0 Å². The molecule has 0 atom stereocenters. The van der Waals surface area contributed by atoms with E-state index in [2.05, 4.69) is 40.1 Å². The highest BCUT2D eigenvalue weighted by molar-refractivity contribution is 6.31. The van der Waals surface area contributed by atoms with Crippen molar-refractivity contribution in [1.82, 2.24) is 0 Å². The Labute approximate surface area is 250 Å². The van der Waals surface area contributed by atoms with Gasteiger partial charge in [0.05, 0.1) is 22.7 Å². The molecule has 4 aromatic carbocycles. The quantitative estimate of drug-likeness (QED) is 0.0974. The fraction of sp³-hybridized carbons (Fsp3) is 0. The first kappa shape index (κ1) is 34.9. The fourth-order valence-corrected chi connectivity index (χ4v) is 2.81. The van der Waals surface area contributed by atoms with Crippen LogP contribution in [0.1, 0.15) is 0 Å². The summed E-state index contributed by atoms with van der Waals surface area (Å²) in [5, 5.41) is 49.6. The molecule has 19 heteroatoms. The van der Waals surface area contributed by atoms with Crippen LogP contribution in [0, 0.1) is 5.82 Å². The maximum atomic E-state index is 12.3. The summed E-state index contributed by atoms with van der Waals surface area (Å²) in [6.45, 7) is 0. The molecule has 0 bridgehead atoms. The van der Waals surface area contributed by atoms with Gasteiger partial charge in [-0.1, -0.05) is 55.8 Å². The first-order chi connectivity index (χ1) is 20.6. The number of hydrogen-bond acceptors (Lipinski definition) is 8. The van der Waals surface area contributed by atoms with Gasteiger partial charge >= 0.3 is 0 Å². The van der Waals surface area contributed by atoms with Gasteiger partial charge in [-0.3, -0.25) is 0 Å². The molecule has 218 valence electrons. The Morgan fingerprint density at radius 1 is 0.488 bits per heavy atom. The maximum absolute atomic E-state index is 12.3. The number of aromatic hydroxyl groups is 4. The molecular weight excluding hydrogens is 610 g/mol. The summed E-state index contributed by atoms with van der Waals surface area (Å²) in [6.07, 6.45) is 0. The summed E-state index contributed by atoms with van der Waals surface area (Å²) >= 11 is 11.1.